The predicted octanol–water partition coefficient (Wildman–Crippen LogP) is 4.25. The number of pyridine rings is 1. The molecule has 1 amide bonds. The van der Waals surface area contributed by atoms with Gasteiger partial charge in [0.05, 0.1) is 5.56 Å². The largest absolute Gasteiger partial charge is 0.457 e. The number of aryl methyl sites for hydroxylation is 1. The number of hydrogen-bond acceptors (Lipinski definition) is 3. The maximum absolute atomic E-state index is 12.9. The Labute approximate surface area is 145 Å². The van der Waals surface area contributed by atoms with Gasteiger partial charge in [-0.05, 0) is 61.0 Å². The van der Waals surface area contributed by atoms with Crippen LogP contribution in [0.5, 0.6) is 11.5 Å². The minimum Gasteiger partial charge on any atom is -0.457 e. The van der Waals surface area contributed by atoms with Gasteiger partial charge >= 0.3 is 0 Å². The zero-order valence-electron chi connectivity index (χ0n) is 13.7. The molecule has 0 unspecified atom stereocenters. The molecule has 0 aliphatic rings. The smallest absolute Gasteiger partial charge is 0.253 e. The van der Waals surface area contributed by atoms with Crippen molar-refractivity contribution < 1.29 is 13.9 Å². The summed E-state index contributed by atoms with van der Waals surface area (Å²) >= 11 is 0. The third kappa shape index (κ3) is 4.64. The lowest BCUT2D eigenvalue weighted by Crippen LogP contribution is -2.22. The monoisotopic (exact) mass is 336 g/mol. The maximum Gasteiger partial charge on any atom is 0.253 e. The van der Waals surface area contributed by atoms with E-state index in [1.165, 1.54) is 12.1 Å². The van der Waals surface area contributed by atoms with E-state index in [9.17, 15) is 9.18 Å². The molecule has 0 atom stereocenters. The third-order valence-electron chi connectivity index (χ3n) is 3.60. The van der Waals surface area contributed by atoms with Crippen molar-refractivity contribution in [1.29, 1.82) is 0 Å². The summed E-state index contributed by atoms with van der Waals surface area (Å²) in [6.07, 6.45) is 1.56. The molecule has 0 radical (unpaired) electrons. The minimum atomic E-state index is -0.304. The summed E-state index contributed by atoms with van der Waals surface area (Å²) < 4.78 is 18.5. The van der Waals surface area contributed by atoms with Gasteiger partial charge in [-0.25, -0.2) is 4.39 Å². The Hall–Kier alpha value is -3.21. The molecule has 1 aromatic heterocycles. The fraction of sp³-hybridized carbons (Fsp3) is 0.100. The molecule has 0 saturated carbocycles. The number of ether oxygens (including phenoxy) is 1. The van der Waals surface area contributed by atoms with E-state index < -0.39 is 0 Å². The highest BCUT2D eigenvalue weighted by atomic mass is 19.1. The quantitative estimate of drug-likeness (QED) is 0.758. The van der Waals surface area contributed by atoms with E-state index >= 15 is 0 Å². The van der Waals surface area contributed by atoms with Crippen LogP contribution in [-0.4, -0.2) is 10.9 Å². The van der Waals surface area contributed by atoms with Crippen LogP contribution in [0.3, 0.4) is 0 Å². The van der Waals surface area contributed by atoms with Crippen molar-refractivity contribution in [2.75, 3.05) is 0 Å². The van der Waals surface area contributed by atoms with Crippen LogP contribution in [0.2, 0.25) is 0 Å². The predicted molar refractivity (Wildman–Crippen MR) is 93.1 cm³/mol. The van der Waals surface area contributed by atoms with Crippen molar-refractivity contribution in [2.45, 2.75) is 13.5 Å². The number of rotatable bonds is 5. The third-order valence-corrected chi connectivity index (χ3v) is 3.60. The maximum atomic E-state index is 12.9. The first-order valence-corrected chi connectivity index (χ1v) is 7.83. The van der Waals surface area contributed by atoms with Crippen molar-refractivity contribution in [3.05, 3.63) is 89.5 Å². The summed E-state index contributed by atoms with van der Waals surface area (Å²) in [6.45, 7) is 2.28. The summed E-state index contributed by atoms with van der Waals surface area (Å²) in [6, 6.07) is 16.7. The van der Waals surface area contributed by atoms with Crippen molar-refractivity contribution in [2.24, 2.45) is 0 Å². The molecule has 0 saturated heterocycles. The molecular weight excluding hydrogens is 319 g/mol. The van der Waals surface area contributed by atoms with Crippen molar-refractivity contribution in [3.63, 3.8) is 0 Å². The first kappa shape index (κ1) is 16.6. The highest BCUT2D eigenvalue weighted by Crippen LogP contribution is 2.21. The number of carbonyl (C=O) groups is 1. The number of benzene rings is 2. The molecule has 1 N–H and O–H groups in total. The lowest BCUT2D eigenvalue weighted by Gasteiger charge is -2.08. The van der Waals surface area contributed by atoms with Crippen molar-refractivity contribution >= 4 is 5.91 Å². The second-order valence-electron chi connectivity index (χ2n) is 5.57. The Bertz CT molecular complexity index is 844. The van der Waals surface area contributed by atoms with Crippen LogP contribution in [0, 0.1) is 12.7 Å². The zero-order valence-corrected chi connectivity index (χ0v) is 13.7. The molecule has 3 aromatic rings. The molecular formula is C20H17FN2O2. The average Bonchev–Trinajstić information content (AvgIpc) is 2.63. The van der Waals surface area contributed by atoms with Gasteiger partial charge in [0.2, 0.25) is 0 Å². The Morgan fingerprint density at radius 1 is 1.00 bits per heavy atom. The molecule has 0 aliphatic heterocycles. The summed E-state index contributed by atoms with van der Waals surface area (Å²) in [5.41, 5.74) is 2.34. The Morgan fingerprint density at radius 3 is 2.24 bits per heavy atom. The Morgan fingerprint density at radius 2 is 1.64 bits per heavy atom. The first-order valence-electron chi connectivity index (χ1n) is 7.83. The SMILES string of the molecule is Cc1ccc(C(=O)NCc2ccc(Oc3ccc(F)cc3)cc2)cn1. The number of halogens is 1. The van der Waals surface area contributed by atoms with Gasteiger partial charge < -0.3 is 10.1 Å². The number of carbonyl (C=O) groups excluding carboxylic acids is 1. The molecule has 0 spiro atoms. The molecule has 2 aromatic carbocycles. The van der Waals surface area contributed by atoms with Gasteiger partial charge in [0, 0.05) is 18.4 Å². The van der Waals surface area contributed by atoms with E-state index in [4.69, 9.17) is 4.74 Å². The van der Waals surface area contributed by atoms with Crippen LogP contribution in [0.1, 0.15) is 21.6 Å². The highest BCUT2D eigenvalue weighted by Gasteiger charge is 2.05. The van der Waals surface area contributed by atoms with E-state index in [1.54, 1.807) is 42.6 Å². The zero-order chi connectivity index (χ0) is 17.6. The van der Waals surface area contributed by atoms with Gasteiger partial charge in [-0.3, -0.25) is 9.78 Å². The average molecular weight is 336 g/mol. The number of nitrogens with one attached hydrogen (secondary N) is 1. The van der Waals surface area contributed by atoms with Crippen molar-refractivity contribution in [3.8, 4) is 11.5 Å². The molecule has 126 valence electrons. The standard InChI is InChI=1S/C20H17FN2O2/c1-14-2-5-16(13-22-14)20(24)23-12-15-3-8-18(9-4-15)25-19-10-6-17(21)7-11-19/h2-11,13H,12H2,1H3,(H,23,24). The van der Waals surface area contributed by atoms with Gasteiger partial charge in [-0.1, -0.05) is 12.1 Å². The van der Waals surface area contributed by atoms with Crippen LogP contribution in [0.15, 0.2) is 66.9 Å². The molecule has 0 fully saturated rings. The van der Waals surface area contributed by atoms with E-state index in [0.29, 0.717) is 23.6 Å². The summed E-state index contributed by atoms with van der Waals surface area (Å²) in [4.78, 5) is 16.2. The number of nitrogens with zero attached hydrogens (tertiary/aromatic N) is 1. The van der Waals surface area contributed by atoms with Crippen molar-refractivity contribution in [1.82, 2.24) is 10.3 Å². The topological polar surface area (TPSA) is 51.2 Å². The van der Waals surface area contributed by atoms with Crippen LogP contribution in [-0.2, 0) is 6.54 Å². The molecule has 1 heterocycles. The Kier molecular flexibility index (Phi) is 5.04. The van der Waals surface area contributed by atoms with Gasteiger partial charge in [0.15, 0.2) is 0 Å². The fourth-order valence-electron chi connectivity index (χ4n) is 2.20. The number of amides is 1. The highest BCUT2D eigenvalue weighted by molar-refractivity contribution is 5.93. The number of aromatic nitrogens is 1. The van der Waals surface area contributed by atoms with Gasteiger partial charge in [-0.2, -0.15) is 0 Å². The van der Waals surface area contributed by atoms with E-state index in [2.05, 4.69) is 10.3 Å². The van der Waals surface area contributed by atoms with Gasteiger partial charge in [-0.15, -0.1) is 0 Å². The van der Waals surface area contributed by atoms with E-state index in [-0.39, 0.29) is 11.7 Å². The molecule has 0 bridgehead atoms. The minimum absolute atomic E-state index is 0.167. The van der Waals surface area contributed by atoms with E-state index in [1.807, 2.05) is 19.1 Å². The first-order chi connectivity index (χ1) is 12.1. The van der Waals surface area contributed by atoms with Gasteiger partial charge in [0.1, 0.15) is 17.3 Å². The summed E-state index contributed by atoms with van der Waals surface area (Å²) in [5.74, 6) is 0.736. The molecule has 4 nitrogen and oxygen atoms in total. The normalized spacial score (nSPS) is 10.3. The lowest BCUT2D eigenvalue weighted by molar-refractivity contribution is 0.0950. The summed E-state index contributed by atoms with van der Waals surface area (Å²) in [5, 5.41) is 2.85. The number of hydrogen-bond donors (Lipinski definition) is 1. The Balaban J connectivity index is 1.56. The lowest BCUT2D eigenvalue weighted by atomic mass is 10.2. The fourth-order valence-corrected chi connectivity index (χ4v) is 2.20. The summed E-state index contributed by atoms with van der Waals surface area (Å²) in [7, 11) is 0. The molecule has 25 heavy (non-hydrogen) atoms. The van der Waals surface area contributed by atoms with Crippen LogP contribution in [0.25, 0.3) is 0 Å². The molecule has 3 rings (SSSR count). The second kappa shape index (κ2) is 7.57. The van der Waals surface area contributed by atoms with Gasteiger partial charge in [0.25, 0.3) is 5.91 Å². The van der Waals surface area contributed by atoms with E-state index in [0.717, 1.165) is 11.3 Å². The second-order valence-corrected chi connectivity index (χ2v) is 5.57. The van der Waals surface area contributed by atoms with Crippen LogP contribution in [0.4, 0.5) is 4.39 Å². The van der Waals surface area contributed by atoms with Crippen LogP contribution >= 0.6 is 0 Å². The molecule has 0 aliphatic carbocycles. The molecule has 5 heteroatoms. The van der Waals surface area contributed by atoms with Crippen LogP contribution < -0.4 is 10.1 Å².